The van der Waals surface area contributed by atoms with E-state index in [2.05, 4.69) is 27.3 Å². The number of amides is 2. The Morgan fingerprint density at radius 2 is 2.24 bits per heavy atom. The second kappa shape index (κ2) is 6.92. The van der Waals surface area contributed by atoms with E-state index in [1.54, 1.807) is 0 Å². The van der Waals surface area contributed by atoms with E-state index < -0.39 is 0 Å². The Bertz CT molecular complexity index is 729. The van der Waals surface area contributed by atoms with Crippen LogP contribution < -0.4 is 5.32 Å². The van der Waals surface area contributed by atoms with E-state index >= 15 is 0 Å². The highest BCUT2D eigenvalue weighted by Gasteiger charge is 2.27. The van der Waals surface area contributed by atoms with Gasteiger partial charge in [-0.3, -0.25) is 0 Å². The lowest BCUT2D eigenvalue weighted by molar-refractivity contribution is -0.0241. The summed E-state index contributed by atoms with van der Waals surface area (Å²) in [5.41, 5.74) is 1.61. The van der Waals surface area contributed by atoms with Crippen molar-refractivity contribution >= 4 is 6.03 Å². The number of aromatic nitrogens is 2. The van der Waals surface area contributed by atoms with E-state index in [1.165, 1.54) is 0 Å². The first-order valence-electron chi connectivity index (χ1n) is 8.61. The first kappa shape index (κ1) is 17.5. The van der Waals surface area contributed by atoms with E-state index in [1.807, 2.05) is 44.7 Å². The Kier molecular flexibility index (Phi) is 4.85. The molecule has 0 spiro atoms. The van der Waals surface area contributed by atoms with Gasteiger partial charge in [-0.05, 0) is 39.8 Å². The van der Waals surface area contributed by atoms with Crippen LogP contribution in [-0.4, -0.2) is 32.8 Å². The summed E-state index contributed by atoms with van der Waals surface area (Å²) in [5, 5.41) is 6.91. The maximum absolute atomic E-state index is 12.5. The van der Waals surface area contributed by atoms with Gasteiger partial charge in [0.05, 0.1) is 18.2 Å². The number of carbonyl (C=O) groups is 1. The zero-order chi connectivity index (χ0) is 18.0. The lowest BCUT2D eigenvalue weighted by atomic mass is 10.1. The number of rotatable bonds is 4. The lowest BCUT2D eigenvalue weighted by Crippen LogP contribution is -2.45. The SMILES string of the molecule is C[C@@H]1c2cccn2CCN1C(=O)NCc1cc(COC(C)(C)C)on1. The summed E-state index contributed by atoms with van der Waals surface area (Å²) in [6.45, 7) is 10.2. The van der Waals surface area contributed by atoms with Crippen LogP contribution in [0.25, 0.3) is 0 Å². The lowest BCUT2D eigenvalue weighted by Gasteiger charge is -2.34. The summed E-state index contributed by atoms with van der Waals surface area (Å²) in [6.07, 6.45) is 2.05. The molecule has 0 unspecified atom stereocenters. The molecule has 7 nitrogen and oxygen atoms in total. The van der Waals surface area contributed by atoms with Crippen molar-refractivity contribution < 1.29 is 14.1 Å². The number of hydrogen-bond donors (Lipinski definition) is 1. The van der Waals surface area contributed by atoms with Gasteiger partial charge in [-0.15, -0.1) is 0 Å². The molecule has 0 radical (unpaired) electrons. The topological polar surface area (TPSA) is 72.5 Å². The molecule has 0 fully saturated rings. The van der Waals surface area contributed by atoms with E-state index in [9.17, 15) is 4.79 Å². The molecule has 0 saturated heterocycles. The predicted octanol–water partition coefficient (Wildman–Crippen LogP) is 3.08. The van der Waals surface area contributed by atoms with Gasteiger partial charge in [0, 0.05) is 31.0 Å². The van der Waals surface area contributed by atoms with E-state index in [4.69, 9.17) is 9.26 Å². The van der Waals surface area contributed by atoms with Crippen LogP contribution in [0.1, 0.15) is 50.9 Å². The van der Waals surface area contributed by atoms with Crippen LogP contribution in [-0.2, 0) is 24.4 Å². The van der Waals surface area contributed by atoms with Crippen LogP contribution in [0.2, 0.25) is 0 Å². The maximum Gasteiger partial charge on any atom is 0.318 e. The summed E-state index contributed by atoms with van der Waals surface area (Å²) in [6, 6.07) is 5.86. The van der Waals surface area contributed by atoms with Crippen molar-refractivity contribution in [1.82, 2.24) is 19.9 Å². The Balaban J connectivity index is 1.52. The van der Waals surface area contributed by atoms with Gasteiger partial charge in [-0.1, -0.05) is 5.16 Å². The molecule has 1 N–H and O–H groups in total. The highest BCUT2D eigenvalue weighted by molar-refractivity contribution is 5.74. The van der Waals surface area contributed by atoms with Gasteiger partial charge in [0.25, 0.3) is 0 Å². The van der Waals surface area contributed by atoms with Gasteiger partial charge >= 0.3 is 6.03 Å². The molecule has 25 heavy (non-hydrogen) atoms. The molecule has 2 amide bonds. The van der Waals surface area contributed by atoms with Crippen LogP contribution >= 0.6 is 0 Å². The number of carbonyl (C=O) groups excluding carboxylic acids is 1. The van der Waals surface area contributed by atoms with Crippen LogP contribution in [0.3, 0.4) is 0 Å². The molecule has 136 valence electrons. The van der Waals surface area contributed by atoms with Crippen LogP contribution in [0.4, 0.5) is 4.79 Å². The fraction of sp³-hybridized carbons (Fsp3) is 0.556. The standard InChI is InChI=1S/C18H26N4O3/c1-13-16-6-5-7-21(16)8-9-22(13)17(23)19-11-14-10-15(25-20-14)12-24-18(2,3)4/h5-7,10,13H,8-9,11-12H2,1-4H3,(H,19,23)/t13-/m1/s1. The Labute approximate surface area is 147 Å². The molecule has 1 aliphatic heterocycles. The number of hydrogen-bond acceptors (Lipinski definition) is 4. The normalized spacial score (nSPS) is 17.4. The molecule has 0 aliphatic carbocycles. The number of ether oxygens (including phenoxy) is 1. The summed E-state index contributed by atoms with van der Waals surface area (Å²) in [7, 11) is 0. The minimum atomic E-state index is -0.233. The highest BCUT2D eigenvalue weighted by Crippen LogP contribution is 2.25. The highest BCUT2D eigenvalue weighted by atomic mass is 16.5. The summed E-state index contributed by atoms with van der Waals surface area (Å²) >= 11 is 0. The smallest absolute Gasteiger partial charge is 0.318 e. The minimum absolute atomic E-state index is 0.0526. The molecule has 1 aliphatic rings. The van der Waals surface area contributed by atoms with Crippen molar-refractivity contribution in [2.75, 3.05) is 6.54 Å². The molecular formula is C18H26N4O3. The van der Waals surface area contributed by atoms with Crippen molar-refractivity contribution in [2.45, 2.75) is 59.0 Å². The molecule has 0 aromatic carbocycles. The zero-order valence-corrected chi connectivity index (χ0v) is 15.3. The molecule has 0 saturated carbocycles. The van der Waals surface area contributed by atoms with Gasteiger partial charge < -0.3 is 24.0 Å². The largest absolute Gasteiger partial charge is 0.368 e. The molecule has 1 atom stereocenters. The third-order valence-corrected chi connectivity index (χ3v) is 4.28. The molecule has 7 heteroatoms. The first-order valence-corrected chi connectivity index (χ1v) is 8.61. The second-order valence-electron chi connectivity index (χ2n) is 7.34. The number of urea groups is 1. The Morgan fingerprint density at radius 3 is 3.00 bits per heavy atom. The first-order chi connectivity index (χ1) is 11.8. The summed E-state index contributed by atoms with van der Waals surface area (Å²) in [4.78, 5) is 14.3. The van der Waals surface area contributed by atoms with Gasteiger partial charge in [0.1, 0.15) is 12.3 Å². The second-order valence-corrected chi connectivity index (χ2v) is 7.34. The van der Waals surface area contributed by atoms with Crippen LogP contribution in [0.5, 0.6) is 0 Å². The van der Waals surface area contributed by atoms with E-state index in [0.29, 0.717) is 31.2 Å². The molecule has 3 heterocycles. The quantitative estimate of drug-likeness (QED) is 0.923. The van der Waals surface area contributed by atoms with Gasteiger partial charge in [-0.2, -0.15) is 0 Å². The van der Waals surface area contributed by atoms with Crippen molar-refractivity contribution in [1.29, 1.82) is 0 Å². The third-order valence-electron chi connectivity index (χ3n) is 4.28. The maximum atomic E-state index is 12.5. The molecule has 0 bridgehead atoms. The average molecular weight is 346 g/mol. The van der Waals surface area contributed by atoms with Crippen LogP contribution in [0, 0.1) is 0 Å². The molecule has 3 rings (SSSR count). The van der Waals surface area contributed by atoms with Gasteiger partial charge in [-0.25, -0.2) is 4.79 Å². The Hall–Kier alpha value is -2.28. The zero-order valence-electron chi connectivity index (χ0n) is 15.3. The predicted molar refractivity (Wildman–Crippen MR) is 92.8 cm³/mol. The van der Waals surface area contributed by atoms with E-state index in [-0.39, 0.29) is 17.7 Å². The van der Waals surface area contributed by atoms with Crippen molar-refractivity contribution in [3.63, 3.8) is 0 Å². The van der Waals surface area contributed by atoms with Crippen molar-refractivity contribution in [3.8, 4) is 0 Å². The number of nitrogens with one attached hydrogen (secondary N) is 1. The average Bonchev–Trinajstić information content (AvgIpc) is 3.20. The molecule has 2 aromatic rings. The number of nitrogens with zero attached hydrogens (tertiary/aromatic N) is 3. The van der Waals surface area contributed by atoms with Crippen molar-refractivity contribution in [2.24, 2.45) is 0 Å². The Morgan fingerprint density at radius 1 is 1.44 bits per heavy atom. The fourth-order valence-electron chi connectivity index (χ4n) is 2.92. The van der Waals surface area contributed by atoms with Crippen molar-refractivity contribution in [3.05, 3.63) is 41.5 Å². The third kappa shape index (κ3) is 4.22. The minimum Gasteiger partial charge on any atom is -0.368 e. The van der Waals surface area contributed by atoms with Gasteiger partial charge in [0.15, 0.2) is 5.76 Å². The fourth-order valence-corrected chi connectivity index (χ4v) is 2.92. The molecular weight excluding hydrogens is 320 g/mol. The van der Waals surface area contributed by atoms with Gasteiger partial charge in [0.2, 0.25) is 0 Å². The van der Waals surface area contributed by atoms with Crippen LogP contribution in [0.15, 0.2) is 28.9 Å². The number of fused-ring (bicyclic) bond motifs is 1. The molecule has 2 aromatic heterocycles. The summed E-state index contributed by atoms with van der Waals surface area (Å²) in [5.74, 6) is 0.656. The summed E-state index contributed by atoms with van der Waals surface area (Å²) < 4.78 is 13.1. The monoisotopic (exact) mass is 346 g/mol. The van der Waals surface area contributed by atoms with E-state index in [0.717, 1.165) is 12.2 Å².